The maximum Gasteiger partial charge on any atom is 0.315 e. The van der Waals surface area contributed by atoms with Gasteiger partial charge in [-0.25, -0.2) is 4.79 Å². The zero-order valence-corrected chi connectivity index (χ0v) is 14.3. The lowest BCUT2D eigenvalue weighted by Gasteiger charge is -2.43. The fraction of sp³-hybridized carbons (Fsp3) is 0.938. The molecule has 0 aromatic rings. The fourth-order valence-corrected chi connectivity index (χ4v) is 5.34. The minimum absolute atomic E-state index is 0.0245. The number of morpholine rings is 1. The Morgan fingerprint density at radius 3 is 2.68 bits per heavy atom. The Kier molecular flexibility index (Phi) is 5.88. The summed E-state index contributed by atoms with van der Waals surface area (Å²) in [6, 6.07) is 0.405. The second-order valence-corrected chi connectivity index (χ2v) is 7.89. The van der Waals surface area contributed by atoms with E-state index in [-0.39, 0.29) is 11.6 Å². The number of urea groups is 1. The normalized spacial score (nSPS) is 31.1. The predicted molar refractivity (Wildman–Crippen MR) is 90.5 cm³/mol. The molecule has 0 unspecified atom stereocenters. The minimum Gasteiger partial charge on any atom is -0.379 e. The Bertz CT molecular complexity index is 362. The van der Waals surface area contributed by atoms with Gasteiger partial charge in [-0.1, -0.05) is 19.3 Å². The number of thioether (sulfide) groups is 1. The van der Waals surface area contributed by atoms with Crippen molar-refractivity contribution >= 4 is 17.8 Å². The molecule has 0 aromatic heterocycles. The van der Waals surface area contributed by atoms with Gasteiger partial charge in [-0.2, -0.15) is 11.8 Å². The molecule has 0 bridgehead atoms. The number of carbonyl (C=O) groups is 1. The van der Waals surface area contributed by atoms with E-state index < -0.39 is 0 Å². The Labute approximate surface area is 137 Å². The van der Waals surface area contributed by atoms with Crippen molar-refractivity contribution in [3.05, 3.63) is 0 Å². The van der Waals surface area contributed by atoms with Gasteiger partial charge in [0.05, 0.1) is 13.2 Å². The largest absolute Gasteiger partial charge is 0.379 e. The summed E-state index contributed by atoms with van der Waals surface area (Å²) in [6.45, 7) is 4.39. The van der Waals surface area contributed by atoms with Crippen LogP contribution in [0.5, 0.6) is 0 Å². The average molecular weight is 327 g/mol. The standard InChI is InChI=1S/C16H29N3O2S/c20-15(18-14-4-2-1-3-5-14)17-12-16(6-11-22-13-16)19-7-9-21-10-8-19/h14H,1-13H2,(H2,17,18,20)/t16-/m0/s1. The molecular formula is C16H29N3O2S. The van der Waals surface area contributed by atoms with Crippen LogP contribution < -0.4 is 10.6 Å². The predicted octanol–water partition coefficient (Wildman–Crippen LogP) is 1.83. The molecule has 5 nitrogen and oxygen atoms in total. The van der Waals surface area contributed by atoms with Gasteiger partial charge in [-0.05, 0) is 25.0 Å². The topological polar surface area (TPSA) is 53.6 Å². The summed E-state index contributed by atoms with van der Waals surface area (Å²) >= 11 is 2.01. The molecule has 2 saturated heterocycles. The lowest BCUT2D eigenvalue weighted by atomic mass is 9.95. The van der Waals surface area contributed by atoms with Crippen LogP contribution in [0.2, 0.25) is 0 Å². The molecule has 22 heavy (non-hydrogen) atoms. The van der Waals surface area contributed by atoms with E-state index in [9.17, 15) is 4.79 Å². The fourth-order valence-electron chi connectivity index (χ4n) is 3.86. The van der Waals surface area contributed by atoms with Crippen molar-refractivity contribution in [2.45, 2.75) is 50.1 Å². The molecule has 6 heteroatoms. The molecule has 0 aromatic carbocycles. The quantitative estimate of drug-likeness (QED) is 0.827. The van der Waals surface area contributed by atoms with Crippen LogP contribution in [0, 0.1) is 0 Å². The van der Waals surface area contributed by atoms with Crippen molar-refractivity contribution in [2.24, 2.45) is 0 Å². The molecule has 0 spiro atoms. The third kappa shape index (κ3) is 4.09. The first kappa shape index (κ1) is 16.4. The third-order valence-electron chi connectivity index (χ3n) is 5.28. The first-order chi connectivity index (χ1) is 10.8. The first-order valence-corrected chi connectivity index (χ1v) is 9.89. The molecule has 126 valence electrons. The molecule has 3 fully saturated rings. The third-order valence-corrected chi connectivity index (χ3v) is 6.52. The van der Waals surface area contributed by atoms with Gasteiger partial charge in [0.2, 0.25) is 0 Å². The zero-order chi connectivity index (χ0) is 15.3. The van der Waals surface area contributed by atoms with E-state index in [2.05, 4.69) is 15.5 Å². The SMILES string of the molecule is O=C(NC[C@@]1(N2CCOCC2)CCSC1)NC1CCCCC1. The first-order valence-electron chi connectivity index (χ1n) is 8.73. The number of amides is 2. The van der Waals surface area contributed by atoms with Crippen molar-refractivity contribution < 1.29 is 9.53 Å². The molecule has 3 rings (SSSR count). The Morgan fingerprint density at radius 1 is 1.23 bits per heavy atom. The van der Waals surface area contributed by atoms with Crippen LogP contribution in [-0.2, 0) is 4.74 Å². The number of nitrogens with one attached hydrogen (secondary N) is 2. The van der Waals surface area contributed by atoms with E-state index in [4.69, 9.17) is 4.74 Å². The molecule has 1 atom stereocenters. The molecule has 1 saturated carbocycles. The number of nitrogens with zero attached hydrogens (tertiary/aromatic N) is 1. The molecule has 0 radical (unpaired) electrons. The molecule has 2 amide bonds. The van der Waals surface area contributed by atoms with Crippen molar-refractivity contribution in [1.82, 2.24) is 15.5 Å². The molecule has 3 aliphatic rings. The van der Waals surface area contributed by atoms with Gasteiger partial charge in [0.1, 0.15) is 0 Å². The van der Waals surface area contributed by atoms with E-state index in [1.165, 1.54) is 31.4 Å². The molecule has 1 aliphatic carbocycles. The number of ether oxygens (including phenoxy) is 1. The maximum atomic E-state index is 12.2. The Balaban J connectivity index is 1.49. The monoisotopic (exact) mass is 327 g/mol. The summed E-state index contributed by atoms with van der Waals surface area (Å²) < 4.78 is 5.48. The van der Waals surface area contributed by atoms with Gasteiger partial charge < -0.3 is 15.4 Å². The van der Waals surface area contributed by atoms with E-state index in [1.54, 1.807) is 0 Å². The summed E-state index contributed by atoms with van der Waals surface area (Å²) in [5, 5.41) is 6.33. The number of carbonyl (C=O) groups excluding carboxylic acids is 1. The van der Waals surface area contributed by atoms with Crippen molar-refractivity contribution in [3.8, 4) is 0 Å². The van der Waals surface area contributed by atoms with E-state index in [0.717, 1.165) is 51.4 Å². The minimum atomic E-state index is 0.0245. The van der Waals surface area contributed by atoms with Crippen LogP contribution in [0.3, 0.4) is 0 Å². The van der Waals surface area contributed by atoms with Gasteiger partial charge in [0, 0.05) is 37.0 Å². The molecule has 2 aliphatic heterocycles. The van der Waals surface area contributed by atoms with Crippen LogP contribution in [0.1, 0.15) is 38.5 Å². The summed E-state index contributed by atoms with van der Waals surface area (Å²) in [5.74, 6) is 2.32. The van der Waals surface area contributed by atoms with Crippen LogP contribution in [0.25, 0.3) is 0 Å². The van der Waals surface area contributed by atoms with Crippen LogP contribution in [-0.4, -0.2) is 66.9 Å². The highest BCUT2D eigenvalue weighted by Gasteiger charge is 2.40. The Morgan fingerprint density at radius 2 is 2.00 bits per heavy atom. The highest BCUT2D eigenvalue weighted by atomic mass is 32.2. The summed E-state index contributed by atoms with van der Waals surface area (Å²) in [6.07, 6.45) is 7.26. The highest BCUT2D eigenvalue weighted by Crippen LogP contribution is 2.33. The van der Waals surface area contributed by atoms with Gasteiger partial charge >= 0.3 is 6.03 Å². The lowest BCUT2D eigenvalue weighted by Crippen LogP contribution is -2.60. The van der Waals surface area contributed by atoms with E-state index in [0.29, 0.717) is 6.04 Å². The number of hydrogen-bond donors (Lipinski definition) is 2. The summed E-state index contributed by atoms with van der Waals surface area (Å²) in [5.41, 5.74) is 0.137. The van der Waals surface area contributed by atoms with Crippen molar-refractivity contribution in [1.29, 1.82) is 0 Å². The highest BCUT2D eigenvalue weighted by molar-refractivity contribution is 7.99. The molecular weight excluding hydrogens is 298 g/mol. The van der Waals surface area contributed by atoms with Crippen molar-refractivity contribution in [3.63, 3.8) is 0 Å². The lowest BCUT2D eigenvalue weighted by molar-refractivity contribution is -0.0124. The number of rotatable bonds is 4. The van der Waals surface area contributed by atoms with Gasteiger partial charge in [-0.15, -0.1) is 0 Å². The van der Waals surface area contributed by atoms with Crippen LogP contribution >= 0.6 is 11.8 Å². The smallest absolute Gasteiger partial charge is 0.315 e. The second kappa shape index (κ2) is 7.88. The van der Waals surface area contributed by atoms with Gasteiger partial charge in [0.15, 0.2) is 0 Å². The second-order valence-electron chi connectivity index (χ2n) is 6.79. The molecule has 2 heterocycles. The van der Waals surface area contributed by atoms with Crippen LogP contribution in [0.4, 0.5) is 4.79 Å². The summed E-state index contributed by atoms with van der Waals surface area (Å²) in [4.78, 5) is 14.8. The average Bonchev–Trinajstić information content (AvgIpc) is 3.05. The van der Waals surface area contributed by atoms with Crippen LogP contribution in [0.15, 0.2) is 0 Å². The maximum absolute atomic E-state index is 12.2. The number of hydrogen-bond acceptors (Lipinski definition) is 4. The van der Waals surface area contributed by atoms with E-state index in [1.807, 2.05) is 11.8 Å². The Hall–Kier alpha value is -0.460. The van der Waals surface area contributed by atoms with E-state index >= 15 is 0 Å². The zero-order valence-electron chi connectivity index (χ0n) is 13.4. The van der Waals surface area contributed by atoms with Gasteiger partial charge in [-0.3, -0.25) is 4.90 Å². The summed E-state index contributed by atoms with van der Waals surface area (Å²) in [7, 11) is 0. The van der Waals surface area contributed by atoms with Crippen molar-refractivity contribution in [2.75, 3.05) is 44.4 Å². The molecule has 2 N–H and O–H groups in total. The van der Waals surface area contributed by atoms with Gasteiger partial charge in [0.25, 0.3) is 0 Å².